The quantitative estimate of drug-likeness (QED) is 0.158. The monoisotopic (exact) mass is 529 g/mol. The molecule has 3 aromatic carbocycles. The van der Waals surface area contributed by atoms with Gasteiger partial charge in [0.15, 0.2) is 5.13 Å². The molecule has 9 heteroatoms. The molecular weight excluding hydrogens is 502 g/mol. The zero-order chi connectivity index (χ0) is 27.2. The molecule has 2 N–H and O–H groups in total. The Bertz CT molecular complexity index is 1320. The van der Waals surface area contributed by atoms with E-state index in [1.54, 1.807) is 20.8 Å². The Morgan fingerprint density at radius 3 is 1.74 bits per heavy atom. The van der Waals surface area contributed by atoms with Crippen LogP contribution in [0.1, 0.15) is 43.2 Å². The number of carboxylic acids is 1. The number of carbonyl (C=O) groups is 2. The molecule has 0 unspecified atom stereocenters. The third-order valence-corrected chi connectivity index (χ3v) is 6.13. The van der Waals surface area contributed by atoms with Crippen LogP contribution in [0.25, 0.3) is 0 Å². The number of carboxylic acid groups (broad SMARTS) is 1. The molecular formula is C29H27N3O5S. The van der Waals surface area contributed by atoms with Crippen molar-refractivity contribution in [1.82, 2.24) is 4.98 Å². The lowest BCUT2D eigenvalue weighted by Gasteiger charge is -2.33. The number of aromatic nitrogens is 1. The summed E-state index contributed by atoms with van der Waals surface area (Å²) in [6, 6.07) is 28.4. The van der Waals surface area contributed by atoms with Gasteiger partial charge in [-0.25, -0.2) is 14.6 Å². The molecule has 4 aromatic rings. The number of carbonyl (C=O) groups excluding carboxylic acids is 1. The van der Waals surface area contributed by atoms with Crippen molar-refractivity contribution in [1.29, 1.82) is 0 Å². The minimum Gasteiger partial charge on any atom is -0.476 e. The molecule has 0 radical (unpaired) electrons. The van der Waals surface area contributed by atoms with Crippen LogP contribution in [-0.4, -0.2) is 33.5 Å². The number of thiazole rings is 1. The van der Waals surface area contributed by atoms with Crippen LogP contribution < -0.4 is 5.32 Å². The molecule has 0 bridgehead atoms. The highest BCUT2D eigenvalue weighted by Gasteiger charge is 2.40. The van der Waals surface area contributed by atoms with Crippen molar-refractivity contribution in [3.8, 4) is 0 Å². The van der Waals surface area contributed by atoms with Crippen LogP contribution in [0, 0.1) is 0 Å². The second-order valence-electron chi connectivity index (χ2n) is 9.28. The normalized spacial score (nSPS) is 12.0. The topological polar surface area (TPSA) is 110 Å². The van der Waals surface area contributed by atoms with Crippen molar-refractivity contribution in [3.63, 3.8) is 0 Å². The third-order valence-electron chi connectivity index (χ3n) is 5.37. The number of oxime groups is 1. The smallest absolute Gasteiger partial charge is 0.413 e. The fourth-order valence-electron chi connectivity index (χ4n) is 3.82. The van der Waals surface area contributed by atoms with Gasteiger partial charge in [-0.2, -0.15) is 0 Å². The van der Waals surface area contributed by atoms with Crippen molar-refractivity contribution < 1.29 is 24.3 Å². The Labute approximate surface area is 224 Å². The van der Waals surface area contributed by atoms with Crippen LogP contribution in [0.3, 0.4) is 0 Å². The Morgan fingerprint density at radius 1 is 0.842 bits per heavy atom. The van der Waals surface area contributed by atoms with Crippen LogP contribution in [-0.2, 0) is 20.0 Å². The molecule has 0 saturated carbocycles. The molecule has 1 heterocycles. The number of benzene rings is 3. The molecule has 8 nitrogen and oxygen atoms in total. The summed E-state index contributed by atoms with van der Waals surface area (Å²) < 4.78 is 5.24. The van der Waals surface area contributed by atoms with Crippen molar-refractivity contribution >= 4 is 34.2 Å². The van der Waals surface area contributed by atoms with Gasteiger partial charge in [0.25, 0.3) is 0 Å². The van der Waals surface area contributed by atoms with Crippen molar-refractivity contribution in [2.45, 2.75) is 32.0 Å². The Morgan fingerprint density at radius 2 is 1.32 bits per heavy atom. The van der Waals surface area contributed by atoms with Crippen LogP contribution in [0.15, 0.2) is 102 Å². The molecule has 0 aliphatic carbocycles. The lowest BCUT2D eigenvalue weighted by Crippen LogP contribution is -2.32. The summed E-state index contributed by atoms with van der Waals surface area (Å²) in [6.07, 6.45) is -0.695. The predicted octanol–water partition coefficient (Wildman–Crippen LogP) is 6.29. The second kappa shape index (κ2) is 11.3. The molecule has 38 heavy (non-hydrogen) atoms. The van der Waals surface area contributed by atoms with E-state index in [0.29, 0.717) is 0 Å². The molecule has 0 atom stereocenters. The van der Waals surface area contributed by atoms with Gasteiger partial charge in [0.2, 0.25) is 11.3 Å². The molecule has 0 aliphatic heterocycles. The van der Waals surface area contributed by atoms with E-state index in [1.807, 2.05) is 91.0 Å². The standard InChI is InChI=1S/C29H27N3O5S/c1-28(2,3)36-27(35)31-26-30-23(19-38-26)24(25(33)34)32-37-29(20-13-7-4-8-14-20,21-15-9-5-10-16-21)22-17-11-6-12-18-22/h4-19H,1-3H3,(H,33,34)(H,30,31,35)/b32-24-. The average molecular weight is 530 g/mol. The van der Waals surface area contributed by atoms with Crippen molar-refractivity contribution in [3.05, 3.63) is 119 Å². The summed E-state index contributed by atoms with van der Waals surface area (Å²) in [5.74, 6) is -1.33. The molecule has 194 valence electrons. The van der Waals surface area contributed by atoms with Crippen LogP contribution in [0.2, 0.25) is 0 Å². The summed E-state index contributed by atoms with van der Waals surface area (Å²) in [4.78, 5) is 34.9. The predicted molar refractivity (Wildman–Crippen MR) is 146 cm³/mol. The number of ether oxygens (including phenoxy) is 1. The second-order valence-corrected chi connectivity index (χ2v) is 10.1. The largest absolute Gasteiger partial charge is 0.476 e. The van der Waals surface area contributed by atoms with Gasteiger partial charge in [-0.05, 0) is 20.8 Å². The van der Waals surface area contributed by atoms with Gasteiger partial charge in [-0.3, -0.25) is 5.32 Å². The SMILES string of the molecule is CC(C)(C)OC(=O)Nc1nc(/C(=N/OC(c2ccccc2)(c2ccccc2)c2ccccc2)C(=O)O)cs1. The maximum atomic E-state index is 12.3. The number of nitrogens with one attached hydrogen (secondary N) is 1. The number of rotatable bonds is 8. The van der Waals surface area contributed by atoms with E-state index in [1.165, 1.54) is 5.38 Å². The summed E-state index contributed by atoms with van der Waals surface area (Å²) in [5.41, 5.74) is -0.0361. The van der Waals surface area contributed by atoms with E-state index in [-0.39, 0.29) is 10.8 Å². The molecule has 1 aromatic heterocycles. The van der Waals surface area contributed by atoms with E-state index in [0.717, 1.165) is 28.0 Å². The minimum absolute atomic E-state index is 0.0386. The van der Waals surface area contributed by atoms with Crippen molar-refractivity contribution in [2.75, 3.05) is 5.32 Å². The first-order valence-electron chi connectivity index (χ1n) is 11.8. The lowest BCUT2D eigenvalue weighted by atomic mass is 9.80. The molecule has 1 amide bonds. The first-order valence-corrected chi connectivity index (χ1v) is 12.7. The molecule has 0 fully saturated rings. The highest BCUT2D eigenvalue weighted by molar-refractivity contribution is 7.14. The van der Waals surface area contributed by atoms with Gasteiger partial charge < -0.3 is 14.7 Å². The maximum absolute atomic E-state index is 12.3. The van der Waals surface area contributed by atoms with Crippen LogP contribution in [0.4, 0.5) is 9.93 Å². The first kappa shape index (κ1) is 26.6. The summed E-state index contributed by atoms with van der Waals surface area (Å²) >= 11 is 1.05. The van der Waals surface area contributed by atoms with Gasteiger partial charge >= 0.3 is 12.1 Å². The highest BCUT2D eigenvalue weighted by Crippen LogP contribution is 2.40. The van der Waals surface area contributed by atoms with Crippen LogP contribution >= 0.6 is 11.3 Å². The van der Waals surface area contributed by atoms with E-state index in [2.05, 4.69) is 15.5 Å². The third kappa shape index (κ3) is 6.07. The number of anilines is 1. The van der Waals surface area contributed by atoms with E-state index < -0.39 is 29.0 Å². The van der Waals surface area contributed by atoms with Crippen molar-refractivity contribution in [2.24, 2.45) is 5.16 Å². The fourth-order valence-corrected chi connectivity index (χ4v) is 4.50. The Balaban J connectivity index is 1.77. The number of nitrogens with zero attached hydrogens (tertiary/aromatic N) is 2. The Kier molecular flexibility index (Phi) is 7.87. The van der Waals surface area contributed by atoms with E-state index in [9.17, 15) is 14.7 Å². The number of hydrogen-bond donors (Lipinski definition) is 2. The zero-order valence-electron chi connectivity index (χ0n) is 21.1. The summed E-state index contributed by atoms with van der Waals surface area (Å²) in [5, 5.41) is 18.4. The van der Waals surface area contributed by atoms with E-state index >= 15 is 0 Å². The van der Waals surface area contributed by atoms with Gasteiger partial charge in [-0.1, -0.05) is 96.2 Å². The minimum atomic E-state index is -1.33. The summed E-state index contributed by atoms with van der Waals surface area (Å²) in [7, 11) is 0. The van der Waals surface area contributed by atoms with Gasteiger partial charge in [0.1, 0.15) is 11.3 Å². The highest BCUT2D eigenvalue weighted by atomic mass is 32.1. The first-order chi connectivity index (χ1) is 18.2. The molecule has 4 rings (SSSR count). The lowest BCUT2D eigenvalue weighted by molar-refractivity contribution is -0.129. The average Bonchev–Trinajstić information content (AvgIpc) is 3.34. The van der Waals surface area contributed by atoms with Gasteiger partial charge in [-0.15, -0.1) is 11.3 Å². The number of amides is 1. The molecule has 0 aliphatic rings. The van der Waals surface area contributed by atoms with E-state index in [4.69, 9.17) is 9.57 Å². The zero-order valence-corrected chi connectivity index (χ0v) is 21.9. The Hall–Kier alpha value is -4.50. The number of hydrogen-bond acceptors (Lipinski definition) is 7. The van der Waals surface area contributed by atoms with Gasteiger partial charge in [0.05, 0.1) is 0 Å². The van der Waals surface area contributed by atoms with Gasteiger partial charge in [0, 0.05) is 22.1 Å². The van der Waals surface area contributed by atoms with Crippen LogP contribution in [0.5, 0.6) is 0 Å². The number of aliphatic carboxylic acids is 1. The summed E-state index contributed by atoms with van der Waals surface area (Å²) in [6.45, 7) is 5.22. The molecule has 0 spiro atoms. The maximum Gasteiger partial charge on any atom is 0.413 e. The molecule has 0 saturated heterocycles. The fraction of sp³-hybridized carbons (Fsp3) is 0.172.